The van der Waals surface area contributed by atoms with Crippen LogP contribution in [-0.4, -0.2) is 28.8 Å². The van der Waals surface area contributed by atoms with Crippen molar-refractivity contribution in [2.24, 2.45) is 5.92 Å². The fourth-order valence-electron chi connectivity index (χ4n) is 3.15. The van der Waals surface area contributed by atoms with Crippen LogP contribution >= 0.6 is 23.2 Å². The minimum absolute atomic E-state index is 0.0611. The van der Waals surface area contributed by atoms with Gasteiger partial charge in [-0.3, -0.25) is 4.79 Å². The normalized spacial score (nSPS) is 24.6. The van der Waals surface area contributed by atoms with Gasteiger partial charge in [0, 0.05) is 15.6 Å². The van der Waals surface area contributed by atoms with Gasteiger partial charge in [0.2, 0.25) is 5.72 Å². The number of aliphatic hydroxyl groups is 1. The quantitative estimate of drug-likeness (QED) is 0.483. The molecule has 1 aliphatic heterocycles. The lowest BCUT2D eigenvalue weighted by Gasteiger charge is -2.45. The summed E-state index contributed by atoms with van der Waals surface area (Å²) >= 11 is 11.9. The number of hydrogen-bond acceptors (Lipinski definition) is 3. The van der Waals surface area contributed by atoms with Crippen molar-refractivity contribution in [1.29, 1.82) is 0 Å². The highest BCUT2D eigenvalue weighted by Gasteiger charge is 2.66. The molecule has 0 bridgehead atoms. The molecule has 0 aromatic heterocycles. The molecule has 1 fully saturated rings. The minimum Gasteiger partial charge on any atom is -0.363 e. The number of ketones is 1. The molecule has 3 N–H and O–H groups in total. The Morgan fingerprint density at radius 1 is 1.10 bits per heavy atom. The molecule has 1 saturated heterocycles. The number of nitrogens with one attached hydrogen (secondary N) is 2. The Kier molecular flexibility index (Phi) is 5.50. The maximum atomic E-state index is 13.8. The molecule has 154 valence electrons. The Bertz CT molecular complexity index is 969. The molecule has 2 amide bonds. The van der Waals surface area contributed by atoms with Gasteiger partial charge in [-0.05, 0) is 42.0 Å². The molecule has 29 heavy (non-hydrogen) atoms. The maximum absolute atomic E-state index is 13.8. The first-order valence-electron chi connectivity index (χ1n) is 8.06. The zero-order valence-corrected chi connectivity index (χ0v) is 15.7. The van der Waals surface area contributed by atoms with Crippen LogP contribution in [0.25, 0.3) is 0 Å². The van der Waals surface area contributed by atoms with Crippen molar-refractivity contribution < 1.29 is 32.3 Å². The average Bonchev–Trinajstić information content (AvgIpc) is 2.60. The third-order valence-corrected chi connectivity index (χ3v) is 5.08. The summed E-state index contributed by atoms with van der Waals surface area (Å²) in [5.41, 5.74) is -4.27. The number of amides is 2. The van der Waals surface area contributed by atoms with Crippen LogP contribution in [0.4, 0.5) is 22.4 Å². The van der Waals surface area contributed by atoms with Gasteiger partial charge in [-0.1, -0.05) is 29.3 Å². The summed E-state index contributed by atoms with van der Waals surface area (Å²) in [6.45, 7) is 0. The van der Waals surface area contributed by atoms with Crippen molar-refractivity contribution >= 4 is 35.0 Å². The van der Waals surface area contributed by atoms with E-state index in [1.54, 1.807) is 0 Å². The predicted octanol–water partition coefficient (Wildman–Crippen LogP) is 4.24. The highest BCUT2D eigenvalue weighted by atomic mass is 35.5. The molecule has 11 heteroatoms. The number of alkyl halides is 3. The number of benzene rings is 2. The number of carbonyl (C=O) groups excluding carboxylic acids is 2. The first kappa shape index (κ1) is 21.4. The van der Waals surface area contributed by atoms with E-state index < -0.39 is 41.5 Å². The molecular weight excluding hydrogens is 439 g/mol. The molecule has 3 rings (SSSR count). The monoisotopic (exact) mass is 450 g/mol. The van der Waals surface area contributed by atoms with E-state index in [-0.39, 0.29) is 21.2 Å². The Morgan fingerprint density at radius 2 is 1.72 bits per heavy atom. The summed E-state index contributed by atoms with van der Waals surface area (Å²) in [4.78, 5) is 24.9. The van der Waals surface area contributed by atoms with E-state index in [1.807, 2.05) is 0 Å². The second kappa shape index (κ2) is 7.47. The number of urea groups is 1. The first-order chi connectivity index (χ1) is 13.4. The van der Waals surface area contributed by atoms with Gasteiger partial charge in [0.25, 0.3) is 0 Å². The van der Waals surface area contributed by atoms with E-state index >= 15 is 0 Å². The molecule has 5 nitrogen and oxygen atoms in total. The Morgan fingerprint density at radius 3 is 2.28 bits per heavy atom. The fraction of sp³-hybridized carbons (Fsp3) is 0.222. The second-order valence-corrected chi connectivity index (χ2v) is 7.20. The van der Waals surface area contributed by atoms with Gasteiger partial charge in [0.15, 0.2) is 5.78 Å². The Balaban J connectivity index is 2.19. The smallest absolute Gasteiger partial charge is 0.363 e. The first-order valence-corrected chi connectivity index (χ1v) is 8.82. The van der Waals surface area contributed by atoms with E-state index in [9.17, 15) is 32.3 Å². The van der Waals surface area contributed by atoms with Crippen molar-refractivity contribution in [3.8, 4) is 0 Å². The molecule has 2 aromatic carbocycles. The van der Waals surface area contributed by atoms with Crippen LogP contribution in [0.15, 0.2) is 42.5 Å². The zero-order valence-electron chi connectivity index (χ0n) is 14.2. The van der Waals surface area contributed by atoms with Crippen molar-refractivity contribution in [2.45, 2.75) is 17.9 Å². The summed E-state index contributed by atoms with van der Waals surface area (Å²) in [6, 6.07) is 4.49. The summed E-state index contributed by atoms with van der Waals surface area (Å²) in [6.07, 6.45) is -5.41. The van der Waals surface area contributed by atoms with Crippen molar-refractivity contribution in [3.05, 3.63) is 69.5 Å². The average molecular weight is 451 g/mol. The molecule has 1 heterocycles. The van der Waals surface area contributed by atoms with Crippen LogP contribution in [0, 0.1) is 11.7 Å². The van der Waals surface area contributed by atoms with Crippen molar-refractivity contribution in [3.63, 3.8) is 0 Å². The Hall–Kier alpha value is -2.36. The lowest BCUT2D eigenvalue weighted by molar-refractivity contribution is -0.287. The number of Topliss-reactive ketones (excluding diaryl/α,β-unsaturated/α-hetero) is 1. The lowest BCUT2D eigenvalue weighted by Crippen LogP contribution is -2.72. The molecule has 0 unspecified atom stereocenters. The zero-order chi connectivity index (χ0) is 21.6. The van der Waals surface area contributed by atoms with Gasteiger partial charge < -0.3 is 15.7 Å². The molecule has 1 aliphatic rings. The number of hydrogen-bond donors (Lipinski definition) is 3. The van der Waals surface area contributed by atoms with Crippen molar-refractivity contribution in [1.82, 2.24) is 10.6 Å². The maximum Gasteiger partial charge on any atom is 0.437 e. The van der Waals surface area contributed by atoms with Crippen LogP contribution in [-0.2, 0) is 0 Å². The third-order valence-electron chi connectivity index (χ3n) is 4.52. The van der Waals surface area contributed by atoms with E-state index in [0.717, 1.165) is 24.3 Å². The lowest BCUT2D eigenvalue weighted by atomic mass is 9.77. The summed E-state index contributed by atoms with van der Waals surface area (Å²) < 4.78 is 54.5. The number of halogens is 6. The van der Waals surface area contributed by atoms with E-state index in [1.165, 1.54) is 23.5 Å². The van der Waals surface area contributed by atoms with Gasteiger partial charge in [-0.25, -0.2) is 9.18 Å². The molecule has 2 aromatic rings. The van der Waals surface area contributed by atoms with Gasteiger partial charge in [0.1, 0.15) is 11.7 Å². The fourth-order valence-corrected chi connectivity index (χ4v) is 3.67. The van der Waals surface area contributed by atoms with Crippen LogP contribution < -0.4 is 10.6 Å². The summed E-state index contributed by atoms with van der Waals surface area (Å²) in [5, 5.41) is 14.1. The minimum atomic E-state index is -5.41. The van der Waals surface area contributed by atoms with Crippen LogP contribution in [0.5, 0.6) is 0 Å². The molecule has 0 spiro atoms. The highest BCUT2D eigenvalue weighted by Crippen LogP contribution is 2.45. The van der Waals surface area contributed by atoms with Crippen LogP contribution in [0.3, 0.4) is 0 Å². The van der Waals surface area contributed by atoms with Gasteiger partial charge >= 0.3 is 12.2 Å². The van der Waals surface area contributed by atoms with E-state index in [2.05, 4.69) is 5.32 Å². The van der Waals surface area contributed by atoms with Crippen LogP contribution in [0.2, 0.25) is 10.0 Å². The van der Waals surface area contributed by atoms with Gasteiger partial charge in [-0.15, -0.1) is 0 Å². The van der Waals surface area contributed by atoms with Crippen LogP contribution in [0.1, 0.15) is 22.0 Å². The molecule has 0 aliphatic carbocycles. The number of carbonyl (C=O) groups is 2. The third kappa shape index (κ3) is 3.90. The molecule has 3 atom stereocenters. The Labute approximate surface area is 171 Å². The number of rotatable bonds is 3. The van der Waals surface area contributed by atoms with Crippen molar-refractivity contribution in [2.75, 3.05) is 0 Å². The van der Waals surface area contributed by atoms with Gasteiger partial charge in [-0.2, -0.15) is 13.2 Å². The molecule has 0 saturated carbocycles. The summed E-state index contributed by atoms with van der Waals surface area (Å²) in [7, 11) is 0. The highest BCUT2D eigenvalue weighted by molar-refractivity contribution is 6.35. The summed E-state index contributed by atoms with van der Waals surface area (Å²) in [5.74, 6) is -4.17. The second-order valence-electron chi connectivity index (χ2n) is 6.35. The SMILES string of the molecule is O=C1N[C@H](c2ccc(Cl)cc2Cl)[C@H](C(=O)c2ccc(F)cc2)[C@](O)(C(F)(F)F)N1. The van der Waals surface area contributed by atoms with E-state index in [4.69, 9.17) is 23.2 Å². The molecule has 0 radical (unpaired) electrons. The standard InChI is InChI=1S/C18H12Cl2F4N2O3/c19-9-3-6-11(12(20)7-9)14-13(15(27)8-1-4-10(21)5-2-8)17(29,18(22,23)24)26-16(28)25-14/h1-7,13-14,29H,(H2,25,26,28)/t13-,14-,17+/m1/s1. The topological polar surface area (TPSA) is 78.4 Å². The molecular formula is C18H12Cl2F4N2O3. The van der Waals surface area contributed by atoms with E-state index in [0.29, 0.717) is 0 Å². The van der Waals surface area contributed by atoms with Gasteiger partial charge in [0.05, 0.1) is 6.04 Å². The predicted molar refractivity (Wildman–Crippen MR) is 96.1 cm³/mol. The largest absolute Gasteiger partial charge is 0.437 e.